The van der Waals surface area contributed by atoms with Gasteiger partial charge in [-0.1, -0.05) is 0 Å². The van der Waals surface area contributed by atoms with Gasteiger partial charge in [-0.05, 0) is 32.9 Å². The highest BCUT2D eigenvalue weighted by atomic mass is 16.3. The zero-order chi connectivity index (χ0) is 14.8. The van der Waals surface area contributed by atoms with Gasteiger partial charge >= 0.3 is 0 Å². The fourth-order valence-electron chi connectivity index (χ4n) is 2.49. The minimum absolute atomic E-state index is 0.0238. The van der Waals surface area contributed by atoms with Crippen LogP contribution in [-0.4, -0.2) is 54.5 Å². The lowest BCUT2D eigenvalue weighted by atomic mass is 10.0. The van der Waals surface area contributed by atoms with Gasteiger partial charge in [0.1, 0.15) is 11.5 Å². The summed E-state index contributed by atoms with van der Waals surface area (Å²) >= 11 is 0. The zero-order valence-corrected chi connectivity index (χ0v) is 12.9. The van der Waals surface area contributed by atoms with E-state index < -0.39 is 0 Å². The van der Waals surface area contributed by atoms with Crippen LogP contribution in [0.4, 0.5) is 0 Å². The van der Waals surface area contributed by atoms with Gasteiger partial charge in [-0.3, -0.25) is 9.69 Å². The second-order valence-electron chi connectivity index (χ2n) is 6.17. The number of aryl methyl sites for hydroxylation is 1. The second-order valence-corrected chi connectivity index (χ2v) is 6.17. The monoisotopic (exact) mass is 279 g/mol. The van der Waals surface area contributed by atoms with Crippen molar-refractivity contribution < 1.29 is 9.21 Å². The van der Waals surface area contributed by atoms with E-state index in [1.54, 1.807) is 4.90 Å². The van der Waals surface area contributed by atoms with E-state index in [-0.39, 0.29) is 11.4 Å². The number of piperazine rings is 1. The van der Waals surface area contributed by atoms with Crippen LogP contribution in [0.1, 0.15) is 25.4 Å². The molecule has 5 nitrogen and oxygen atoms in total. The molecule has 1 aliphatic heterocycles. The van der Waals surface area contributed by atoms with Crippen molar-refractivity contribution in [2.24, 2.45) is 0 Å². The third-order valence-corrected chi connectivity index (χ3v) is 3.91. The van der Waals surface area contributed by atoms with Crippen LogP contribution >= 0.6 is 0 Å². The molecule has 1 amide bonds. The standard InChI is InChI=1S/C15H25N3O2/c1-12-5-6-13(20-12)9-17(4)14(19)10-18-8-7-16-11-15(18,2)3/h5-6,16H,7-11H2,1-4H3. The summed E-state index contributed by atoms with van der Waals surface area (Å²) < 4.78 is 5.52. The molecule has 1 saturated heterocycles. The lowest BCUT2D eigenvalue weighted by Crippen LogP contribution is -2.59. The number of carbonyl (C=O) groups is 1. The number of amides is 1. The lowest BCUT2D eigenvalue weighted by Gasteiger charge is -2.42. The second kappa shape index (κ2) is 5.97. The summed E-state index contributed by atoms with van der Waals surface area (Å²) in [5.41, 5.74) is 0.0238. The Hall–Kier alpha value is -1.33. The van der Waals surface area contributed by atoms with Gasteiger partial charge in [0.25, 0.3) is 0 Å². The number of hydrogen-bond acceptors (Lipinski definition) is 4. The molecule has 0 unspecified atom stereocenters. The molecular formula is C15H25N3O2. The molecule has 1 aliphatic rings. The van der Waals surface area contributed by atoms with Crippen molar-refractivity contribution in [1.82, 2.24) is 15.1 Å². The number of rotatable bonds is 4. The maximum absolute atomic E-state index is 12.3. The maximum atomic E-state index is 12.3. The van der Waals surface area contributed by atoms with Gasteiger partial charge in [0.2, 0.25) is 5.91 Å². The minimum atomic E-state index is 0.0238. The van der Waals surface area contributed by atoms with Gasteiger partial charge in [0, 0.05) is 32.2 Å². The van der Waals surface area contributed by atoms with E-state index in [0.717, 1.165) is 31.2 Å². The highest BCUT2D eigenvalue weighted by Crippen LogP contribution is 2.16. The Balaban J connectivity index is 1.90. The molecular weight excluding hydrogens is 254 g/mol. The fourth-order valence-corrected chi connectivity index (χ4v) is 2.49. The van der Waals surface area contributed by atoms with Crippen LogP contribution in [0.25, 0.3) is 0 Å². The van der Waals surface area contributed by atoms with E-state index in [9.17, 15) is 4.79 Å². The number of likely N-dealkylation sites (N-methyl/N-ethyl adjacent to an activating group) is 1. The molecule has 20 heavy (non-hydrogen) atoms. The first-order chi connectivity index (χ1) is 9.38. The van der Waals surface area contributed by atoms with Crippen molar-refractivity contribution in [1.29, 1.82) is 0 Å². The predicted molar refractivity (Wildman–Crippen MR) is 78.4 cm³/mol. The van der Waals surface area contributed by atoms with Crippen LogP contribution in [0.3, 0.4) is 0 Å². The third kappa shape index (κ3) is 3.61. The predicted octanol–water partition coefficient (Wildman–Crippen LogP) is 1.23. The molecule has 5 heteroatoms. The third-order valence-electron chi connectivity index (χ3n) is 3.91. The van der Waals surface area contributed by atoms with Crippen LogP contribution in [-0.2, 0) is 11.3 Å². The van der Waals surface area contributed by atoms with Gasteiger partial charge in [0.15, 0.2) is 0 Å². The summed E-state index contributed by atoms with van der Waals surface area (Å²) in [6.07, 6.45) is 0. The molecule has 112 valence electrons. The molecule has 0 aliphatic carbocycles. The molecule has 1 N–H and O–H groups in total. The molecule has 2 rings (SSSR count). The fraction of sp³-hybridized carbons (Fsp3) is 0.667. The van der Waals surface area contributed by atoms with Crippen molar-refractivity contribution >= 4 is 5.91 Å². The van der Waals surface area contributed by atoms with Crippen LogP contribution < -0.4 is 5.32 Å². The van der Waals surface area contributed by atoms with E-state index in [2.05, 4.69) is 24.1 Å². The molecule has 0 atom stereocenters. The summed E-state index contributed by atoms with van der Waals surface area (Å²) in [6.45, 7) is 10.0. The molecule has 0 aromatic carbocycles. The van der Waals surface area contributed by atoms with Crippen molar-refractivity contribution in [3.63, 3.8) is 0 Å². The van der Waals surface area contributed by atoms with Gasteiger partial charge in [0.05, 0.1) is 13.1 Å². The normalized spacial score (nSPS) is 19.0. The average Bonchev–Trinajstić information content (AvgIpc) is 2.77. The van der Waals surface area contributed by atoms with Crippen molar-refractivity contribution in [2.45, 2.75) is 32.9 Å². The molecule has 0 bridgehead atoms. The molecule has 1 fully saturated rings. The largest absolute Gasteiger partial charge is 0.464 e. The average molecular weight is 279 g/mol. The summed E-state index contributed by atoms with van der Waals surface area (Å²) in [7, 11) is 1.83. The Morgan fingerprint density at radius 2 is 2.25 bits per heavy atom. The Labute approximate surface area is 120 Å². The smallest absolute Gasteiger partial charge is 0.236 e. The van der Waals surface area contributed by atoms with Crippen molar-refractivity contribution in [3.8, 4) is 0 Å². The Bertz CT molecular complexity index is 467. The first kappa shape index (κ1) is 15.1. The van der Waals surface area contributed by atoms with Gasteiger partial charge in [-0.25, -0.2) is 0 Å². The Kier molecular flexibility index (Phi) is 4.50. The van der Waals surface area contributed by atoms with Crippen LogP contribution in [0.15, 0.2) is 16.5 Å². The van der Waals surface area contributed by atoms with E-state index in [0.29, 0.717) is 13.1 Å². The first-order valence-corrected chi connectivity index (χ1v) is 7.13. The number of hydrogen-bond donors (Lipinski definition) is 1. The van der Waals surface area contributed by atoms with E-state index in [1.165, 1.54) is 0 Å². The van der Waals surface area contributed by atoms with E-state index in [1.807, 2.05) is 26.1 Å². The first-order valence-electron chi connectivity index (χ1n) is 7.13. The summed E-state index contributed by atoms with van der Waals surface area (Å²) in [6, 6.07) is 3.85. The SMILES string of the molecule is Cc1ccc(CN(C)C(=O)CN2CCNCC2(C)C)o1. The zero-order valence-electron chi connectivity index (χ0n) is 12.9. The quantitative estimate of drug-likeness (QED) is 0.900. The minimum Gasteiger partial charge on any atom is -0.464 e. The van der Waals surface area contributed by atoms with E-state index in [4.69, 9.17) is 4.42 Å². The molecule has 1 aromatic rings. The molecule has 0 saturated carbocycles. The highest BCUT2D eigenvalue weighted by molar-refractivity contribution is 5.78. The van der Waals surface area contributed by atoms with E-state index >= 15 is 0 Å². The van der Waals surface area contributed by atoms with Crippen LogP contribution in [0.5, 0.6) is 0 Å². The summed E-state index contributed by atoms with van der Waals surface area (Å²) in [5, 5.41) is 3.37. The lowest BCUT2D eigenvalue weighted by molar-refractivity contribution is -0.133. The molecule has 1 aromatic heterocycles. The van der Waals surface area contributed by atoms with Crippen LogP contribution in [0.2, 0.25) is 0 Å². The van der Waals surface area contributed by atoms with Crippen molar-refractivity contribution in [3.05, 3.63) is 23.7 Å². The summed E-state index contributed by atoms with van der Waals surface area (Å²) in [4.78, 5) is 16.3. The number of nitrogens with zero attached hydrogens (tertiary/aromatic N) is 2. The number of carbonyl (C=O) groups excluding carboxylic acids is 1. The van der Waals surface area contributed by atoms with Gasteiger partial charge in [-0.15, -0.1) is 0 Å². The molecule has 0 radical (unpaired) electrons. The van der Waals surface area contributed by atoms with Gasteiger partial charge < -0.3 is 14.6 Å². The number of furan rings is 1. The highest BCUT2D eigenvalue weighted by Gasteiger charge is 2.31. The number of nitrogens with one attached hydrogen (secondary N) is 1. The topological polar surface area (TPSA) is 48.7 Å². The van der Waals surface area contributed by atoms with Crippen LogP contribution in [0, 0.1) is 6.92 Å². The molecule has 2 heterocycles. The maximum Gasteiger partial charge on any atom is 0.236 e. The molecule has 0 spiro atoms. The summed E-state index contributed by atoms with van der Waals surface area (Å²) in [5.74, 6) is 1.84. The van der Waals surface area contributed by atoms with Gasteiger partial charge in [-0.2, -0.15) is 0 Å². The van der Waals surface area contributed by atoms with Crippen molar-refractivity contribution in [2.75, 3.05) is 33.2 Å². The Morgan fingerprint density at radius 1 is 1.50 bits per heavy atom. The Morgan fingerprint density at radius 3 is 2.85 bits per heavy atom.